The van der Waals surface area contributed by atoms with Crippen molar-refractivity contribution >= 4 is 16.9 Å². The molecule has 0 unspecified atom stereocenters. The minimum Gasteiger partial charge on any atom is -0.497 e. The van der Waals surface area contributed by atoms with E-state index in [2.05, 4.69) is 4.98 Å². The molecule has 0 radical (unpaired) electrons. The molecule has 0 saturated carbocycles. The van der Waals surface area contributed by atoms with E-state index < -0.39 is 0 Å². The number of ether oxygens (including phenoxy) is 1. The summed E-state index contributed by atoms with van der Waals surface area (Å²) >= 11 is 0. The number of hydrogen-bond donors (Lipinski definition) is 0. The highest BCUT2D eigenvalue weighted by Crippen LogP contribution is 2.21. The van der Waals surface area contributed by atoms with Gasteiger partial charge in [0.2, 0.25) is 5.78 Å². The van der Waals surface area contributed by atoms with E-state index in [9.17, 15) is 4.79 Å². The van der Waals surface area contributed by atoms with Gasteiger partial charge >= 0.3 is 0 Å². The molecule has 0 amide bonds. The van der Waals surface area contributed by atoms with E-state index in [4.69, 9.17) is 9.15 Å². The Hall–Kier alpha value is -2.62. The maximum absolute atomic E-state index is 12.3. The van der Waals surface area contributed by atoms with Gasteiger partial charge in [0.1, 0.15) is 11.3 Å². The van der Waals surface area contributed by atoms with Gasteiger partial charge in [0.25, 0.3) is 0 Å². The summed E-state index contributed by atoms with van der Waals surface area (Å²) in [5.41, 5.74) is 2.76. The number of ketones is 1. The second-order valence-electron chi connectivity index (χ2n) is 4.50. The number of pyridine rings is 1. The van der Waals surface area contributed by atoms with Crippen molar-refractivity contribution in [1.29, 1.82) is 0 Å². The second-order valence-corrected chi connectivity index (χ2v) is 4.50. The number of hydrogen-bond acceptors (Lipinski definition) is 4. The third-order valence-electron chi connectivity index (χ3n) is 3.09. The Morgan fingerprint density at radius 2 is 1.90 bits per heavy atom. The Bertz CT molecular complexity index is 772. The number of furan rings is 1. The number of fused-ring (bicyclic) bond motifs is 1. The fourth-order valence-electron chi connectivity index (χ4n) is 2.02. The van der Waals surface area contributed by atoms with Crippen molar-refractivity contribution in [3.63, 3.8) is 0 Å². The normalized spacial score (nSPS) is 10.7. The van der Waals surface area contributed by atoms with Crippen molar-refractivity contribution in [2.24, 2.45) is 0 Å². The summed E-state index contributed by atoms with van der Waals surface area (Å²) in [6, 6.07) is 12.3. The van der Waals surface area contributed by atoms with Crippen molar-refractivity contribution in [3.05, 3.63) is 59.5 Å². The monoisotopic (exact) mass is 267 g/mol. The Kier molecular flexibility index (Phi) is 2.99. The predicted octanol–water partition coefficient (Wildman–Crippen LogP) is 3.38. The fourth-order valence-corrected chi connectivity index (χ4v) is 2.02. The molecule has 0 atom stereocenters. The number of nitrogens with zero attached hydrogens (tertiary/aromatic N) is 1. The first-order valence-electron chi connectivity index (χ1n) is 6.23. The molecule has 0 aliphatic heterocycles. The first-order chi connectivity index (χ1) is 9.67. The maximum Gasteiger partial charge on any atom is 0.228 e. The standard InChI is InChI=1S/C16H13NO3/c1-10-3-8-14-13(17-10)9-15(20-14)16(18)11-4-6-12(19-2)7-5-11/h3-9H,1-2H3. The van der Waals surface area contributed by atoms with Gasteiger partial charge < -0.3 is 9.15 Å². The fraction of sp³-hybridized carbons (Fsp3) is 0.125. The van der Waals surface area contributed by atoms with E-state index in [1.807, 2.05) is 19.1 Å². The lowest BCUT2D eigenvalue weighted by atomic mass is 10.1. The molecule has 20 heavy (non-hydrogen) atoms. The molecule has 3 aromatic rings. The number of methoxy groups -OCH3 is 1. The first-order valence-corrected chi connectivity index (χ1v) is 6.23. The summed E-state index contributed by atoms with van der Waals surface area (Å²) in [5.74, 6) is 0.843. The van der Waals surface area contributed by atoms with Crippen LogP contribution in [0, 0.1) is 6.92 Å². The average Bonchev–Trinajstić information content (AvgIpc) is 2.89. The van der Waals surface area contributed by atoms with Crippen molar-refractivity contribution < 1.29 is 13.9 Å². The van der Waals surface area contributed by atoms with Crippen LogP contribution in [-0.4, -0.2) is 17.9 Å². The van der Waals surface area contributed by atoms with Crippen LogP contribution in [-0.2, 0) is 0 Å². The van der Waals surface area contributed by atoms with Crippen molar-refractivity contribution in [2.75, 3.05) is 7.11 Å². The van der Waals surface area contributed by atoms with Crippen LogP contribution in [0.4, 0.5) is 0 Å². The molecular weight excluding hydrogens is 254 g/mol. The minimum absolute atomic E-state index is 0.164. The minimum atomic E-state index is -0.164. The number of carbonyl (C=O) groups is 1. The van der Waals surface area contributed by atoms with Crippen LogP contribution < -0.4 is 4.74 Å². The van der Waals surface area contributed by atoms with Crippen LogP contribution in [0.5, 0.6) is 5.75 Å². The Morgan fingerprint density at radius 1 is 1.15 bits per heavy atom. The van der Waals surface area contributed by atoms with Gasteiger partial charge in [-0.25, -0.2) is 4.98 Å². The topological polar surface area (TPSA) is 52.3 Å². The summed E-state index contributed by atoms with van der Waals surface area (Å²) in [6.45, 7) is 1.90. The second kappa shape index (κ2) is 4.81. The molecule has 2 heterocycles. The lowest BCUT2D eigenvalue weighted by Gasteiger charge is -2.00. The molecule has 100 valence electrons. The lowest BCUT2D eigenvalue weighted by molar-refractivity contribution is 0.101. The molecule has 4 heteroatoms. The van der Waals surface area contributed by atoms with E-state index in [1.54, 1.807) is 37.4 Å². The largest absolute Gasteiger partial charge is 0.497 e. The summed E-state index contributed by atoms with van der Waals surface area (Å²) in [5, 5.41) is 0. The van der Waals surface area contributed by atoms with Crippen LogP contribution >= 0.6 is 0 Å². The Labute approximate surface area is 116 Å². The summed E-state index contributed by atoms with van der Waals surface area (Å²) in [6.07, 6.45) is 0. The number of carbonyl (C=O) groups excluding carboxylic acids is 1. The maximum atomic E-state index is 12.3. The first kappa shape index (κ1) is 12.4. The third kappa shape index (κ3) is 2.16. The Morgan fingerprint density at radius 3 is 2.60 bits per heavy atom. The molecule has 0 aliphatic carbocycles. The number of rotatable bonds is 3. The van der Waals surface area contributed by atoms with Crippen molar-refractivity contribution in [1.82, 2.24) is 4.98 Å². The van der Waals surface area contributed by atoms with Crippen LogP contribution in [0.15, 0.2) is 46.9 Å². The van der Waals surface area contributed by atoms with Crippen LogP contribution in [0.25, 0.3) is 11.1 Å². The van der Waals surface area contributed by atoms with E-state index in [0.29, 0.717) is 28.2 Å². The molecule has 3 rings (SSSR count). The SMILES string of the molecule is COc1ccc(C(=O)c2cc3nc(C)ccc3o2)cc1. The van der Waals surface area contributed by atoms with Crippen LogP contribution in [0.3, 0.4) is 0 Å². The van der Waals surface area contributed by atoms with E-state index in [0.717, 1.165) is 5.69 Å². The zero-order valence-electron chi connectivity index (χ0n) is 11.2. The quantitative estimate of drug-likeness (QED) is 0.683. The van der Waals surface area contributed by atoms with E-state index >= 15 is 0 Å². The zero-order valence-corrected chi connectivity index (χ0v) is 11.2. The molecule has 0 bridgehead atoms. The predicted molar refractivity (Wildman–Crippen MR) is 75.2 cm³/mol. The van der Waals surface area contributed by atoms with Gasteiger partial charge in [-0.1, -0.05) is 0 Å². The molecule has 0 saturated heterocycles. The average molecular weight is 267 g/mol. The molecule has 4 nitrogen and oxygen atoms in total. The molecule has 0 fully saturated rings. The van der Waals surface area contributed by atoms with Crippen molar-refractivity contribution in [2.45, 2.75) is 6.92 Å². The highest BCUT2D eigenvalue weighted by atomic mass is 16.5. The van der Waals surface area contributed by atoms with Gasteiger partial charge in [-0.2, -0.15) is 0 Å². The van der Waals surface area contributed by atoms with E-state index in [1.165, 1.54) is 0 Å². The molecule has 2 aromatic heterocycles. The van der Waals surface area contributed by atoms with Gasteiger partial charge in [-0.15, -0.1) is 0 Å². The van der Waals surface area contributed by atoms with Gasteiger partial charge in [-0.3, -0.25) is 4.79 Å². The van der Waals surface area contributed by atoms with Gasteiger partial charge in [0.05, 0.1) is 7.11 Å². The van der Waals surface area contributed by atoms with Gasteiger partial charge in [0.15, 0.2) is 11.3 Å². The number of aromatic nitrogens is 1. The molecular formula is C16H13NO3. The third-order valence-corrected chi connectivity index (χ3v) is 3.09. The zero-order chi connectivity index (χ0) is 14.1. The van der Waals surface area contributed by atoms with E-state index in [-0.39, 0.29) is 5.78 Å². The summed E-state index contributed by atoms with van der Waals surface area (Å²) in [7, 11) is 1.59. The smallest absolute Gasteiger partial charge is 0.228 e. The number of benzene rings is 1. The highest BCUT2D eigenvalue weighted by molar-refractivity contribution is 6.08. The highest BCUT2D eigenvalue weighted by Gasteiger charge is 2.15. The molecule has 0 spiro atoms. The number of aryl methyl sites for hydroxylation is 1. The summed E-state index contributed by atoms with van der Waals surface area (Å²) < 4.78 is 10.6. The van der Waals surface area contributed by atoms with Gasteiger partial charge in [-0.05, 0) is 43.3 Å². The molecule has 0 N–H and O–H groups in total. The summed E-state index contributed by atoms with van der Waals surface area (Å²) in [4.78, 5) is 16.7. The molecule has 0 aliphatic rings. The van der Waals surface area contributed by atoms with Crippen molar-refractivity contribution in [3.8, 4) is 5.75 Å². The Balaban J connectivity index is 1.98. The van der Waals surface area contributed by atoms with Crippen LogP contribution in [0.2, 0.25) is 0 Å². The lowest BCUT2D eigenvalue weighted by Crippen LogP contribution is -1.99. The molecule has 1 aromatic carbocycles. The van der Waals surface area contributed by atoms with Gasteiger partial charge in [0, 0.05) is 17.3 Å². The van der Waals surface area contributed by atoms with Crippen LogP contribution in [0.1, 0.15) is 21.8 Å².